The standard InChI is InChI=1S/C53H78N10O6/c1-16-66-45(64)49(6,7)47(2,3)27-43(37-23-19-17-20-24-37)51(10,11)62-33-40(56-59-62)31-61(30-39-29-54-58-55-39)32-41-34-63(60-57-41)52(12,13)44(38-25-21-18-22-26-38)28-48(4,5)50(8,9)46(65)67-35-42-36-68-53(14,15)69-42/h17-26,29,33-34,42-44H,16,27-28,30-32,35-36H2,1-15H3,(H,54,55,58). The van der Waals surface area contributed by atoms with E-state index in [1.807, 2.05) is 82.4 Å². The highest BCUT2D eigenvalue weighted by atomic mass is 16.7. The van der Waals surface area contributed by atoms with Gasteiger partial charge in [-0.2, -0.15) is 15.4 Å². The van der Waals surface area contributed by atoms with E-state index in [4.69, 9.17) is 39.6 Å². The summed E-state index contributed by atoms with van der Waals surface area (Å²) in [6.45, 7) is 33.0. The number of aromatic amines is 1. The number of carbonyl (C=O) groups excluding carboxylic acids is 2. The van der Waals surface area contributed by atoms with Gasteiger partial charge in [0.1, 0.15) is 12.7 Å². The maximum Gasteiger partial charge on any atom is 0.312 e. The highest BCUT2D eigenvalue weighted by molar-refractivity contribution is 5.77. The summed E-state index contributed by atoms with van der Waals surface area (Å²) >= 11 is 0. The molecule has 0 radical (unpaired) electrons. The van der Waals surface area contributed by atoms with Gasteiger partial charge in [0.05, 0.1) is 70.8 Å². The van der Waals surface area contributed by atoms with Gasteiger partial charge in [0.15, 0.2) is 5.79 Å². The Balaban J connectivity index is 1.23. The lowest BCUT2D eigenvalue weighted by atomic mass is 9.61. The molecule has 2 aromatic carbocycles. The number of nitrogens with one attached hydrogen (secondary N) is 1. The molecular weight excluding hydrogens is 873 g/mol. The van der Waals surface area contributed by atoms with Crippen LogP contribution in [0.1, 0.15) is 157 Å². The predicted molar refractivity (Wildman–Crippen MR) is 263 cm³/mol. The Morgan fingerprint density at radius 1 is 0.710 bits per heavy atom. The Kier molecular flexibility index (Phi) is 15.8. The molecule has 3 unspecified atom stereocenters. The monoisotopic (exact) mass is 951 g/mol. The third-order valence-corrected chi connectivity index (χ3v) is 15.6. The normalized spacial score (nSPS) is 17.0. The Labute approximate surface area is 409 Å². The summed E-state index contributed by atoms with van der Waals surface area (Å²) in [7, 11) is 0. The third kappa shape index (κ3) is 12.0. The zero-order chi connectivity index (χ0) is 50.6. The van der Waals surface area contributed by atoms with Gasteiger partial charge in [-0.3, -0.25) is 14.5 Å². The molecule has 0 bridgehead atoms. The van der Waals surface area contributed by atoms with Gasteiger partial charge in [-0.05, 0) is 111 Å². The van der Waals surface area contributed by atoms with Crippen LogP contribution < -0.4 is 0 Å². The zero-order valence-corrected chi connectivity index (χ0v) is 43.9. The van der Waals surface area contributed by atoms with Crippen molar-refractivity contribution < 1.29 is 28.5 Å². The molecule has 1 saturated heterocycles. The molecule has 16 heteroatoms. The smallest absolute Gasteiger partial charge is 0.312 e. The van der Waals surface area contributed by atoms with Gasteiger partial charge in [-0.1, -0.05) is 98.8 Å². The fourth-order valence-electron chi connectivity index (χ4n) is 9.29. The maximum absolute atomic E-state index is 13.9. The van der Waals surface area contributed by atoms with E-state index in [1.165, 1.54) is 0 Å². The number of H-pyrrole nitrogens is 1. The van der Waals surface area contributed by atoms with Crippen LogP contribution in [0.25, 0.3) is 0 Å². The van der Waals surface area contributed by atoms with Crippen molar-refractivity contribution in [1.82, 2.24) is 50.3 Å². The van der Waals surface area contributed by atoms with Crippen LogP contribution in [0.15, 0.2) is 79.3 Å². The number of ether oxygens (including phenoxy) is 4. The van der Waals surface area contributed by atoms with Crippen LogP contribution in [-0.4, -0.2) is 93.9 Å². The first kappa shape index (κ1) is 53.0. The van der Waals surface area contributed by atoms with E-state index < -0.39 is 38.5 Å². The Bertz CT molecular complexity index is 2440. The lowest BCUT2D eigenvalue weighted by Crippen LogP contribution is -2.45. The van der Waals surface area contributed by atoms with E-state index in [2.05, 4.69) is 124 Å². The molecule has 16 nitrogen and oxygen atoms in total. The van der Waals surface area contributed by atoms with Crippen molar-refractivity contribution in [2.75, 3.05) is 19.8 Å². The van der Waals surface area contributed by atoms with Crippen molar-refractivity contribution in [1.29, 1.82) is 0 Å². The number of esters is 2. The molecule has 4 heterocycles. The number of benzene rings is 2. The second-order valence-corrected chi connectivity index (χ2v) is 22.8. The number of nitrogens with zero attached hydrogens (tertiary/aromatic N) is 9. The van der Waals surface area contributed by atoms with Crippen LogP contribution in [0.4, 0.5) is 0 Å². The first-order chi connectivity index (χ1) is 32.2. The molecule has 69 heavy (non-hydrogen) atoms. The van der Waals surface area contributed by atoms with E-state index in [-0.39, 0.29) is 36.5 Å². The molecule has 0 saturated carbocycles. The Morgan fingerprint density at radius 3 is 1.57 bits per heavy atom. The van der Waals surface area contributed by atoms with Gasteiger partial charge >= 0.3 is 11.9 Å². The van der Waals surface area contributed by atoms with Crippen molar-refractivity contribution >= 4 is 11.9 Å². The fraction of sp³-hybridized carbons (Fsp3) is 0.623. The van der Waals surface area contributed by atoms with Gasteiger partial charge in [0.2, 0.25) is 0 Å². The topological polar surface area (TPSA) is 177 Å². The SMILES string of the molecule is CCOC(=O)C(C)(C)C(C)(C)CC(c1ccccc1)C(C)(C)n1cc(CN(Cc2cn(C(C)(C)C(CC(C)(C)C(C)(C)C(=O)OCC3COC(C)(C)O3)c3ccccc3)nn2)Cc2cn[nH]n2)nn1. The number of rotatable bonds is 23. The second kappa shape index (κ2) is 20.6. The van der Waals surface area contributed by atoms with Crippen molar-refractivity contribution in [2.45, 2.75) is 171 Å². The third-order valence-electron chi connectivity index (χ3n) is 15.6. The van der Waals surface area contributed by atoms with Crippen molar-refractivity contribution in [3.63, 3.8) is 0 Å². The number of carbonyl (C=O) groups is 2. The molecule has 6 rings (SSSR count). The van der Waals surface area contributed by atoms with E-state index in [0.717, 1.165) is 28.2 Å². The minimum Gasteiger partial charge on any atom is -0.466 e. The maximum atomic E-state index is 13.9. The molecule has 1 aliphatic heterocycles. The quantitative estimate of drug-likeness (QED) is 0.0614. The Morgan fingerprint density at radius 2 is 1.16 bits per heavy atom. The molecule has 1 fully saturated rings. The number of hydrogen-bond donors (Lipinski definition) is 1. The predicted octanol–water partition coefficient (Wildman–Crippen LogP) is 9.37. The second-order valence-electron chi connectivity index (χ2n) is 22.8. The van der Waals surface area contributed by atoms with Crippen molar-refractivity contribution in [3.05, 3.63) is 107 Å². The van der Waals surface area contributed by atoms with E-state index >= 15 is 0 Å². The summed E-state index contributed by atoms with van der Waals surface area (Å²) in [5, 5.41) is 30.3. The Hall–Kier alpha value is -5.32. The summed E-state index contributed by atoms with van der Waals surface area (Å²) in [5.74, 6) is -1.29. The molecule has 1 N–H and O–H groups in total. The number of aromatic nitrogens is 9. The van der Waals surface area contributed by atoms with Gasteiger partial charge in [-0.25, -0.2) is 9.36 Å². The van der Waals surface area contributed by atoms with Crippen molar-refractivity contribution in [3.8, 4) is 0 Å². The molecule has 3 aromatic heterocycles. The van der Waals surface area contributed by atoms with Crippen LogP contribution in [0.5, 0.6) is 0 Å². The molecule has 0 aliphatic carbocycles. The van der Waals surface area contributed by atoms with Gasteiger partial charge in [0, 0.05) is 31.5 Å². The minimum atomic E-state index is -0.850. The first-order valence-corrected chi connectivity index (χ1v) is 24.4. The summed E-state index contributed by atoms with van der Waals surface area (Å²) in [5.41, 5.74) is 0.921. The fourth-order valence-corrected chi connectivity index (χ4v) is 9.29. The minimum absolute atomic E-state index is 0.0354. The van der Waals surface area contributed by atoms with Gasteiger partial charge < -0.3 is 18.9 Å². The lowest BCUT2D eigenvalue weighted by molar-refractivity contribution is -0.171. The molecule has 3 atom stereocenters. The van der Waals surface area contributed by atoms with Crippen LogP contribution in [0, 0.1) is 21.7 Å². The molecular formula is C53H78N10O6. The molecule has 1 aliphatic rings. The summed E-state index contributed by atoms with van der Waals surface area (Å²) in [6.07, 6.45) is 6.79. The lowest BCUT2D eigenvalue weighted by Gasteiger charge is -2.45. The molecule has 376 valence electrons. The highest BCUT2D eigenvalue weighted by Crippen LogP contribution is 2.52. The average molecular weight is 951 g/mol. The molecule has 5 aromatic rings. The molecule has 0 amide bonds. The number of hydrogen-bond acceptors (Lipinski definition) is 13. The van der Waals surface area contributed by atoms with Crippen LogP contribution in [-0.2, 0) is 59.2 Å². The first-order valence-electron chi connectivity index (χ1n) is 24.4. The van der Waals surface area contributed by atoms with Crippen molar-refractivity contribution in [2.24, 2.45) is 21.7 Å². The van der Waals surface area contributed by atoms with Crippen LogP contribution in [0.3, 0.4) is 0 Å². The van der Waals surface area contributed by atoms with E-state index in [0.29, 0.717) is 45.7 Å². The van der Waals surface area contributed by atoms with E-state index in [1.54, 1.807) is 6.20 Å². The summed E-state index contributed by atoms with van der Waals surface area (Å²) in [6, 6.07) is 20.8. The van der Waals surface area contributed by atoms with Gasteiger partial charge in [0.25, 0.3) is 0 Å². The average Bonchev–Trinajstić information content (AvgIpc) is 4.14. The summed E-state index contributed by atoms with van der Waals surface area (Å²) < 4.78 is 27.0. The molecule has 0 spiro atoms. The summed E-state index contributed by atoms with van der Waals surface area (Å²) in [4.78, 5) is 29.4. The van der Waals surface area contributed by atoms with Crippen LogP contribution in [0.2, 0.25) is 0 Å². The van der Waals surface area contributed by atoms with E-state index in [9.17, 15) is 9.59 Å². The highest BCUT2D eigenvalue weighted by Gasteiger charge is 2.50. The van der Waals surface area contributed by atoms with Gasteiger partial charge in [-0.15, -0.1) is 10.2 Å². The zero-order valence-electron chi connectivity index (χ0n) is 43.9. The van der Waals surface area contributed by atoms with Crippen LogP contribution >= 0.6 is 0 Å². The largest absolute Gasteiger partial charge is 0.466 e.